The first-order chi connectivity index (χ1) is 26.3. The summed E-state index contributed by atoms with van der Waals surface area (Å²) in [4.78, 5) is 4.45. The fraction of sp³-hybridized carbons (Fsp3) is 0.0238. The van der Waals surface area contributed by atoms with Gasteiger partial charge in [0.1, 0.15) is 5.82 Å². The van der Waals surface area contributed by atoms with E-state index in [2.05, 4.69) is 4.98 Å². The molecule has 0 fully saturated rings. The molecule has 2 heteroatoms. The third kappa shape index (κ3) is 3.64. The lowest BCUT2D eigenvalue weighted by Gasteiger charge is -2.20. The van der Waals surface area contributed by atoms with Gasteiger partial charge in [0, 0.05) is 9.80 Å². The molecule has 2 nitrogen and oxygen atoms in total. The van der Waals surface area contributed by atoms with Gasteiger partial charge < -0.3 is 0 Å². The summed E-state index contributed by atoms with van der Waals surface area (Å²) >= 11 is 0. The van der Waals surface area contributed by atoms with Crippen molar-refractivity contribution in [3.05, 3.63) is 157 Å². The van der Waals surface area contributed by atoms with Crippen LogP contribution in [0, 0.1) is 6.85 Å². The molecule has 44 heavy (non-hydrogen) atoms. The first kappa shape index (κ1) is 16.2. The molecule has 0 saturated heterocycles. The van der Waals surface area contributed by atoms with E-state index in [1.807, 2.05) is 54.6 Å². The SMILES string of the molecule is [2H]c1c([2H])c([2H])c2c(-c3cc4ccccc4c4ccccc34)c3c([2H])c([2H])c([2H])c([2H])c3c(-c3cccc(-n4c(C([2H])([2H])[2H])nc5ccccc54)c3)c2c1[2H]. The summed E-state index contributed by atoms with van der Waals surface area (Å²) in [6.07, 6.45) is 0. The predicted octanol–water partition coefficient (Wildman–Crippen LogP) is 11.3. The van der Waals surface area contributed by atoms with Gasteiger partial charge in [-0.1, -0.05) is 121 Å². The Morgan fingerprint density at radius 1 is 0.568 bits per heavy atom. The maximum Gasteiger partial charge on any atom is 0.111 e. The second-order valence-electron chi connectivity index (χ2n) is 10.8. The molecule has 0 aliphatic heterocycles. The number of nitrogens with zero attached hydrogens (tertiary/aromatic N) is 2. The van der Waals surface area contributed by atoms with Crippen molar-refractivity contribution in [3.8, 4) is 27.9 Å². The number of aryl methyl sites for hydroxylation is 1. The normalized spacial score (nSPS) is 15.6. The average Bonchev–Trinajstić information content (AvgIpc) is 3.60. The summed E-state index contributed by atoms with van der Waals surface area (Å²) < 4.78 is 99.5. The Balaban J connectivity index is 1.52. The van der Waals surface area contributed by atoms with E-state index in [-0.39, 0.29) is 62.7 Å². The van der Waals surface area contributed by atoms with Gasteiger partial charge in [0.2, 0.25) is 0 Å². The molecule has 0 bridgehead atoms. The maximum atomic E-state index is 9.43. The van der Waals surface area contributed by atoms with Crippen LogP contribution in [-0.4, -0.2) is 9.55 Å². The minimum absolute atomic E-state index is 0.0689. The highest BCUT2D eigenvalue weighted by Crippen LogP contribution is 2.46. The lowest BCUT2D eigenvalue weighted by atomic mass is 9.84. The Bertz CT molecular complexity index is 3050. The molecule has 0 saturated carbocycles. The third-order valence-corrected chi connectivity index (χ3v) is 8.37. The Labute approximate surface area is 270 Å². The van der Waals surface area contributed by atoms with Crippen molar-refractivity contribution in [1.82, 2.24) is 9.55 Å². The quantitative estimate of drug-likeness (QED) is 0.152. The summed E-state index contributed by atoms with van der Waals surface area (Å²) in [5.41, 5.74) is 2.71. The van der Waals surface area contributed by atoms with E-state index in [4.69, 9.17) is 9.60 Å². The van der Waals surface area contributed by atoms with Gasteiger partial charge in [0.05, 0.1) is 22.0 Å². The molecular weight excluding hydrogens is 532 g/mol. The van der Waals surface area contributed by atoms with Crippen LogP contribution in [0.25, 0.3) is 82.1 Å². The molecule has 0 N–H and O–H groups in total. The van der Waals surface area contributed by atoms with Gasteiger partial charge in [-0.2, -0.15) is 0 Å². The van der Waals surface area contributed by atoms with Gasteiger partial charge in [-0.3, -0.25) is 4.57 Å². The van der Waals surface area contributed by atoms with E-state index in [9.17, 15) is 5.48 Å². The van der Waals surface area contributed by atoms with Crippen molar-refractivity contribution >= 4 is 54.1 Å². The molecule has 206 valence electrons. The number of imidazole rings is 1. The molecule has 0 unspecified atom stereocenters. The Hall–Kier alpha value is -5.73. The molecule has 0 aliphatic carbocycles. The highest BCUT2D eigenvalue weighted by atomic mass is 15.1. The Morgan fingerprint density at radius 2 is 1.20 bits per heavy atom. The summed E-state index contributed by atoms with van der Waals surface area (Å²) in [6.45, 7) is -2.60. The number of aromatic nitrogens is 2. The number of benzene rings is 8. The van der Waals surface area contributed by atoms with Gasteiger partial charge in [-0.25, -0.2) is 4.98 Å². The molecule has 9 rings (SSSR count). The molecule has 0 amide bonds. The van der Waals surface area contributed by atoms with Crippen LogP contribution in [0.1, 0.15) is 20.9 Å². The molecular formula is C42H28N2. The Morgan fingerprint density at radius 3 is 1.95 bits per heavy atom. The van der Waals surface area contributed by atoms with Gasteiger partial charge in [0.25, 0.3) is 0 Å². The average molecular weight is 572 g/mol. The highest BCUT2D eigenvalue weighted by Gasteiger charge is 2.19. The van der Waals surface area contributed by atoms with E-state index < -0.39 is 31.0 Å². The van der Waals surface area contributed by atoms with Crippen LogP contribution < -0.4 is 0 Å². The molecule has 0 spiro atoms. The minimum atomic E-state index is -2.60. The lowest BCUT2D eigenvalue weighted by Crippen LogP contribution is -1.97. The zero-order valence-corrected chi connectivity index (χ0v) is 23.2. The van der Waals surface area contributed by atoms with E-state index in [1.165, 1.54) is 4.57 Å². The fourth-order valence-corrected chi connectivity index (χ4v) is 6.53. The van der Waals surface area contributed by atoms with Gasteiger partial charge in [-0.15, -0.1) is 0 Å². The van der Waals surface area contributed by atoms with E-state index in [0.717, 1.165) is 21.5 Å². The summed E-state index contributed by atoms with van der Waals surface area (Å²) in [7, 11) is 0. The summed E-state index contributed by atoms with van der Waals surface area (Å²) in [6, 6.07) is 27.6. The maximum absolute atomic E-state index is 9.43. The van der Waals surface area contributed by atoms with Gasteiger partial charge in [-0.05, 0) is 103 Å². The zero-order valence-electron chi connectivity index (χ0n) is 34.2. The number of para-hydroxylation sites is 2. The standard InChI is InChI=1S/C42H28N2/c1-27-43-39-23-10-11-24-40(39)44(27)30-15-12-14-29(25-30)41-34-19-6-8-21-36(34)42(37-22-9-7-20-35(37)41)38-26-28-13-2-3-16-31(28)32-17-4-5-18-33(32)38/h2-26H,1H3/i1D3,6D,7D,8D,9D,19D,20D,21D,22D. The molecule has 1 heterocycles. The molecule has 9 aromatic rings. The largest absolute Gasteiger partial charge is 0.297 e. The first-order valence-corrected chi connectivity index (χ1v) is 14.2. The molecule has 0 aliphatic rings. The van der Waals surface area contributed by atoms with Crippen LogP contribution >= 0.6 is 0 Å². The van der Waals surface area contributed by atoms with Crippen molar-refractivity contribution in [3.63, 3.8) is 0 Å². The van der Waals surface area contributed by atoms with Crippen molar-refractivity contribution in [2.75, 3.05) is 0 Å². The number of hydrogen-bond donors (Lipinski definition) is 0. The van der Waals surface area contributed by atoms with Crippen LogP contribution in [0.15, 0.2) is 151 Å². The van der Waals surface area contributed by atoms with Crippen LogP contribution in [-0.2, 0) is 0 Å². The second kappa shape index (κ2) is 9.65. The summed E-state index contributed by atoms with van der Waals surface area (Å²) in [5, 5.41) is 3.74. The van der Waals surface area contributed by atoms with E-state index in [1.54, 1.807) is 48.5 Å². The highest BCUT2D eigenvalue weighted by molar-refractivity contribution is 6.25. The molecule has 8 aromatic carbocycles. The molecule has 0 atom stereocenters. The van der Waals surface area contributed by atoms with Crippen LogP contribution in [0.4, 0.5) is 0 Å². The van der Waals surface area contributed by atoms with Crippen LogP contribution in [0.5, 0.6) is 0 Å². The van der Waals surface area contributed by atoms with Crippen molar-refractivity contribution in [2.45, 2.75) is 6.85 Å². The van der Waals surface area contributed by atoms with E-state index >= 15 is 0 Å². The Kier molecular flexibility index (Phi) is 3.56. The van der Waals surface area contributed by atoms with Crippen molar-refractivity contribution < 1.29 is 15.1 Å². The van der Waals surface area contributed by atoms with Crippen LogP contribution in [0.3, 0.4) is 0 Å². The lowest BCUT2D eigenvalue weighted by molar-refractivity contribution is 1.00. The number of fused-ring (bicyclic) bond motifs is 6. The fourth-order valence-electron chi connectivity index (χ4n) is 6.53. The van der Waals surface area contributed by atoms with Gasteiger partial charge >= 0.3 is 0 Å². The van der Waals surface area contributed by atoms with Crippen molar-refractivity contribution in [1.29, 1.82) is 0 Å². The van der Waals surface area contributed by atoms with E-state index in [0.29, 0.717) is 27.8 Å². The minimum Gasteiger partial charge on any atom is -0.297 e. The van der Waals surface area contributed by atoms with Crippen LogP contribution in [0.2, 0.25) is 0 Å². The zero-order chi connectivity index (χ0) is 38.7. The smallest absolute Gasteiger partial charge is 0.111 e. The topological polar surface area (TPSA) is 17.8 Å². The monoisotopic (exact) mass is 571 g/mol. The van der Waals surface area contributed by atoms with Crippen molar-refractivity contribution in [2.24, 2.45) is 0 Å². The first-order valence-electron chi connectivity index (χ1n) is 19.7. The number of hydrogen-bond acceptors (Lipinski definition) is 1. The second-order valence-corrected chi connectivity index (χ2v) is 10.8. The molecule has 1 aromatic heterocycles. The predicted molar refractivity (Wildman–Crippen MR) is 187 cm³/mol. The molecule has 0 radical (unpaired) electrons. The summed E-state index contributed by atoms with van der Waals surface area (Å²) in [5.74, 6) is -0.178. The third-order valence-electron chi connectivity index (χ3n) is 8.37. The number of rotatable bonds is 3. The van der Waals surface area contributed by atoms with Gasteiger partial charge in [0.15, 0.2) is 0 Å².